The molecule has 1 saturated carbocycles. The van der Waals surface area contributed by atoms with Gasteiger partial charge in [0.2, 0.25) is 0 Å². The minimum absolute atomic E-state index is 0.0143. The van der Waals surface area contributed by atoms with Crippen LogP contribution < -0.4 is 10.1 Å². The smallest absolute Gasteiger partial charge is 0.251 e. The summed E-state index contributed by atoms with van der Waals surface area (Å²) in [6.07, 6.45) is 8.06. The van der Waals surface area contributed by atoms with Crippen LogP contribution in [0.25, 0.3) is 0 Å². The first-order valence-electron chi connectivity index (χ1n) is 9.39. The Morgan fingerprint density at radius 2 is 1.72 bits per heavy atom. The van der Waals surface area contributed by atoms with Crippen molar-refractivity contribution < 1.29 is 9.53 Å². The molecule has 1 amide bonds. The fourth-order valence-electron chi connectivity index (χ4n) is 3.35. The second-order valence-corrected chi connectivity index (χ2v) is 6.77. The zero-order chi connectivity index (χ0) is 17.3. The zero-order valence-corrected chi connectivity index (χ0v) is 14.7. The Kier molecular flexibility index (Phi) is 6.49. The Bertz CT molecular complexity index is 661. The molecule has 0 saturated heterocycles. The molecule has 1 fully saturated rings. The Hall–Kier alpha value is -2.29. The minimum atomic E-state index is 0.0143. The fraction of sp³-hybridized carbons (Fsp3) is 0.409. The standard InChI is InChI=1S/C22H27NO2/c24-22(23-20-12-6-1-2-7-13-20)19-11-8-14-21(17-19)25-16-15-18-9-4-3-5-10-18/h3-5,8-11,14,17,20H,1-2,6-7,12-13,15-16H2,(H,23,24). The molecule has 0 heterocycles. The summed E-state index contributed by atoms with van der Waals surface area (Å²) in [6.45, 7) is 0.609. The van der Waals surface area contributed by atoms with Gasteiger partial charge in [0.25, 0.3) is 5.91 Å². The van der Waals surface area contributed by atoms with Gasteiger partial charge in [-0.05, 0) is 36.6 Å². The molecule has 3 rings (SSSR count). The summed E-state index contributed by atoms with van der Waals surface area (Å²) in [5.41, 5.74) is 1.94. The molecule has 1 N–H and O–H groups in total. The van der Waals surface area contributed by atoms with Gasteiger partial charge in [0.15, 0.2) is 0 Å². The van der Waals surface area contributed by atoms with E-state index in [2.05, 4.69) is 17.4 Å². The average molecular weight is 337 g/mol. The summed E-state index contributed by atoms with van der Waals surface area (Å²) in [4.78, 5) is 12.5. The van der Waals surface area contributed by atoms with Gasteiger partial charge >= 0.3 is 0 Å². The van der Waals surface area contributed by atoms with E-state index >= 15 is 0 Å². The molecule has 25 heavy (non-hydrogen) atoms. The van der Waals surface area contributed by atoms with Crippen LogP contribution in [0.3, 0.4) is 0 Å². The third kappa shape index (κ3) is 5.63. The second kappa shape index (κ2) is 9.26. The van der Waals surface area contributed by atoms with Crippen molar-refractivity contribution in [3.63, 3.8) is 0 Å². The summed E-state index contributed by atoms with van der Waals surface area (Å²) < 4.78 is 5.83. The molecule has 132 valence electrons. The number of benzene rings is 2. The summed E-state index contributed by atoms with van der Waals surface area (Å²) in [6, 6.07) is 18.1. The van der Waals surface area contributed by atoms with E-state index in [1.54, 1.807) is 0 Å². The molecule has 1 aliphatic carbocycles. The van der Waals surface area contributed by atoms with Gasteiger partial charge < -0.3 is 10.1 Å². The Morgan fingerprint density at radius 1 is 0.960 bits per heavy atom. The first-order valence-corrected chi connectivity index (χ1v) is 9.39. The van der Waals surface area contributed by atoms with Crippen LogP contribution in [0.4, 0.5) is 0 Å². The van der Waals surface area contributed by atoms with Gasteiger partial charge in [0, 0.05) is 18.0 Å². The van der Waals surface area contributed by atoms with Crippen LogP contribution in [0.2, 0.25) is 0 Å². The lowest BCUT2D eigenvalue weighted by Gasteiger charge is -2.16. The third-order valence-corrected chi connectivity index (χ3v) is 4.79. The summed E-state index contributed by atoms with van der Waals surface area (Å²) in [7, 11) is 0. The number of hydrogen-bond acceptors (Lipinski definition) is 2. The normalized spacial score (nSPS) is 15.4. The monoisotopic (exact) mass is 337 g/mol. The van der Waals surface area contributed by atoms with E-state index in [9.17, 15) is 4.79 Å². The molecule has 0 aromatic heterocycles. The maximum Gasteiger partial charge on any atom is 0.251 e. The Balaban J connectivity index is 1.52. The lowest BCUT2D eigenvalue weighted by Crippen LogP contribution is -2.34. The van der Waals surface area contributed by atoms with E-state index in [-0.39, 0.29) is 5.91 Å². The van der Waals surface area contributed by atoms with E-state index in [1.807, 2.05) is 42.5 Å². The molecule has 0 spiro atoms. The SMILES string of the molecule is O=C(NC1CCCCCC1)c1cccc(OCCc2ccccc2)c1. The maximum absolute atomic E-state index is 12.5. The number of ether oxygens (including phenoxy) is 1. The number of carbonyl (C=O) groups excluding carboxylic acids is 1. The van der Waals surface area contributed by atoms with Crippen LogP contribution in [0.15, 0.2) is 54.6 Å². The van der Waals surface area contributed by atoms with Gasteiger partial charge in [-0.3, -0.25) is 4.79 Å². The predicted octanol–water partition coefficient (Wildman–Crippen LogP) is 4.76. The molecule has 3 nitrogen and oxygen atoms in total. The van der Waals surface area contributed by atoms with Crippen molar-refractivity contribution >= 4 is 5.91 Å². The molecule has 0 aliphatic heterocycles. The van der Waals surface area contributed by atoms with E-state index in [0.29, 0.717) is 18.2 Å². The highest BCUT2D eigenvalue weighted by Crippen LogP contribution is 2.19. The third-order valence-electron chi connectivity index (χ3n) is 4.79. The number of carbonyl (C=O) groups is 1. The van der Waals surface area contributed by atoms with E-state index in [0.717, 1.165) is 25.0 Å². The van der Waals surface area contributed by atoms with Crippen molar-refractivity contribution in [2.45, 2.75) is 51.0 Å². The molecule has 2 aromatic rings. The number of nitrogens with one attached hydrogen (secondary N) is 1. The van der Waals surface area contributed by atoms with Crippen molar-refractivity contribution in [1.82, 2.24) is 5.32 Å². The zero-order valence-electron chi connectivity index (χ0n) is 14.7. The molecule has 0 atom stereocenters. The molecule has 0 unspecified atom stereocenters. The molecule has 3 heteroatoms. The van der Waals surface area contributed by atoms with Crippen molar-refractivity contribution in [3.05, 3.63) is 65.7 Å². The largest absolute Gasteiger partial charge is 0.493 e. The minimum Gasteiger partial charge on any atom is -0.493 e. The molecule has 0 bridgehead atoms. The first kappa shape index (κ1) is 17.5. The highest BCUT2D eigenvalue weighted by atomic mass is 16.5. The van der Waals surface area contributed by atoms with E-state index in [4.69, 9.17) is 4.74 Å². The average Bonchev–Trinajstić information content (AvgIpc) is 2.91. The highest BCUT2D eigenvalue weighted by Gasteiger charge is 2.16. The molecule has 0 radical (unpaired) electrons. The summed E-state index contributed by atoms with van der Waals surface area (Å²) >= 11 is 0. The quantitative estimate of drug-likeness (QED) is 0.772. The van der Waals surface area contributed by atoms with Gasteiger partial charge in [-0.2, -0.15) is 0 Å². The van der Waals surface area contributed by atoms with Crippen molar-refractivity contribution in [1.29, 1.82) is 0 Å². The van der Waals surface area contributed by atoms with Crippen LogP contribution in [0, 0.1) is 0 Å². The summed E-state index contributed by atoms with van der Waals surface area (Å²) in [5, 5.41) is 3.19. The second-order valence-electron chi connectivity index (χ2n) is 6.77. The topological polar surface area (TPSA) is 38.3 Å². The lowest BCUT2D eigenvalue weighted by molar-refractivity contribution is 0.0933. The van der Waals surface area contributed by atoms with E-state index < -0.39 is 0 Å². The van der Waals surface area contributed by atoms with E-state index in [1.165, 1.54) is 31.2 Å². The Morgan fingerprint density at radius 3 is 2.48 bits per heavy atom. The predicted molar refractivity (Wildman–Crippen MR) is 101 cm³/mol. The molecule has 1 aliphatic rings. The maximum atomic E-state index is 12.5. The fourth-order valence-corrected chi connectivity index (χ4v) is 3.35. The molecular formula is C22H27NO2. The van der Waals surface area contributed by atoms with Crippen molar-refractivity contribution in [2.75, 3.05) is 6.61 Å². The number of hydrogen-bond donors (Lipinski definition) is 1. The summed E-state index contributed by atoms with van der Waals surface area (Å²) in [5.74, 6) is 0.768. The number of rotatable bonds is 6. The van der Waals surface area contributed by atoms with Crippen LogP contribution in [-0.4, -0.2) is 18.6 Å². The molecular weight excluding hydrogens is 310 g/mol. The van der Waals surface area contributed by atoms with Crippen LogP contribution in [-0.2, 0) is 6.42 Å². The van der Waals surface area contributed by atoms with Crippen molar-refractivity contribution in [2.24, 2.45) is 0 Å². The van der Waals surface area contributed by atoms with Gasteiger partial charge in [-0.1, -0.05) is 62.1 Å². The van der Waals surface area contributed by atoms with Gasteiger partial charge in [-0.25, -0.2) is 0 Å². The van der Waals surface area contributed by atoms with Crippen LogP contribution >= 0.6 is 0 Å². The van der Waals surface area contributed by atoms with Crippen LogP contribution in [0.1, 0.15) is 54.4 Å². The van der Waals surface area contributed by atoms with Crippen molar-refractivity contribution in [3.8, 4) is 5.75 Å². The Labute approximate surface area is 150 Å². The van der Waals surface area contributed by atoms with Gasteiger partial charge in [0.1, 0.15) is 5.75 Å². The first-order chi connectivity index (χ1) is 12.3. The number of amides is 1. The highest BCUT2D eigenvalue weighted by molar-refractivity contribution is 5.94. The lowest BCUT2D eigenvalue weighted by atomic mass is 10.1. The van der Waals surface area contributed by atoms with Crippen LogP contribution in [0.5, 0.6) is 5.75 Å². The van der Waals surface area contributed by atoms with Gasteiger partial charge in [-0.15, -0.1) is 0 Å². The van der Waals surface area contributed by atoms with Gasteiger partial charge in [0.05, 0.1) is 6.61 Å². The molecule has 2 aromatic carbocycles.